The predicted molar refractivity (Wildman–Crippen MR) is 75.7 cm³/mol. The molecule has 0 aliphatic carbocycles. The van der Waals surface area contributed by atoms with E-state index in [0.29, 0.717) is 18.4 Å². The molecule has 0 radical (unpaired) electrons. The number of carbonyl (C=O) groups is 2. The number of amides is 2. The third-order valence-electron chi connectivity index (χ3n) is 3.66. The minimum atomic E-state index is -0.493. The van der Waals surface area contributed by atoms with Gasteiger partial charge in [0, 0.05) is 12.7 Å². The molecule has 1 saturated heterocycles. The molecule has 1 aromatic heterocycles. The summed E-state index contributed by atoms with van der Waals surface area (Å²) in [6.45, 7) is 4.02. The number of pyridine rings is 1. The number of rotatable bonds is 5. The molecule has 5 nitrogen and oxygen atoms in total. The number of carbonyl (C=O) groups excluding carboxylic acids is 2. The summed E-state index contributed by atoms with van der Waals surface area (Å²) in [5.74, 6) is -0.687. The lowest BCUT2D eigenvalue weighted by molar-refractivity contribution is -0.150. The zero-order valence-corrected chi connectivity index (χ0v) is 12.3. The van der Waals surface area contributed by atoms with E-state index in [1.165, 1.54) is 12.3 Å². The third kappa shape index (κ3) is 3.37. The van der Waals surface area contributed by atoms with E-state index in [1.54, 1.807) is 4.90 Å². The van der Waals surface area contributed by atoms with Gasteiger partial charge in [0.2, 0.25) is 11.8 Å². The zero-order chi connectivity index (χ0) is 15.4. The highest BCUT2D eigenvalue weighted by Gasteiger charge is 2.39. The topological polar surface area (TPSA) is 62.3 Å². The van der Waals surface area contributed by atoms with Crippen molar-refractivity contribution in [1.82, 2.24) is 15.2 Å². The summed E-state index contributed by atoms with van der Waals surface area (Å²) < 4.78 is 13.2. The monoisotopic (exact) mass is 293 g/mol. The molecule has 6 heteroatoms. The van der Waals surface area contributed by atoms with Gasteiger partial charge in [-0.1, -0.05) is 20.3 Å². The molecule has 1 N–H and O–H groups in total. The van der Waals surface area contributed by atoms with Crippen LogP contribution < -0.4 is 5.32 Å². The first kappa shape index (κ1) is 15.4. The van der Waals surface area contributed by atoms with Crippen LogP contribution in [-0.4, -0.2) is 33.8 Å². The SMILES string of the molecule is CCCC1C(=O)NC(CC)C(=O)N1Cc1cncc(F)c1. The molecule has 114 valence electrons. The number of hydrogen-bond acceptors (Lipinski definition) is 3. The van der Waals surface area contributed by atoms with E-state index in [1.807, 2.05) is 13.8 Å². The number of nitrogens with one attached hydrogen (secondary N) is 1. The van der Waals surface area contributed by atoms with Gasteiger partial charge in [-0.15, -0.1) is 0 Å². The minimum Gasteiger partial charge on any atom is -0.343 e. The molecule has 0 aromatic carbocycles. The van der Waals surface area contributed by atoms with Gasteiger partial charge in [-0.2, -0.15) is 0 Å². The smallest absolute Gasteiger partial charge is 0.246 e. The summed E-state index contributed by atoms with van der Waals surface area (Å²) in [7, 11) is 0. The van der Waals surface area contributed by atoms with Gasteiger partial charge in [0.05, 0.1) is 6.20 Å². The van der Waals surface area contributed by atoms with Gasteiger partial charge in [0.1, 0.15) is 17.9 Å². The number of nitrogens with zero attached hydrogens (tertiary/aromatic N) is 2. The fourth-order valence-corrected chi connectivity index (χ4v) is 2.59. The van der Waals surface area contributed by atoms with Gasteiger partial charge < -0.3 is 10.2 Å². The van der Waals surface area contributed by atoms with Gasteiger partial charge in [-0.05, 0) is 24.5 Å². The summed E-state index contributed by atoms with van der Waals surface area (Å²) in [6, 6.07) is 0.359. The van der Waals surface area contributed by atoms with Crippen molar-refractivity contribution in [2.45, 2.75) is 51.7 Å². The average Bonchev–Trinajstić information content (AvgIpc) is 2.46. The van der Waals surface area contributed by atoms with Crippen LogP contribution in [0.5, 0.6) is 0 Å². The Morgan fingerprint density at radius 1 is 1.33 bits per heavy atom. The van der Waals surface area contributed by atoms with Crippen LogP contribution in [0.15, 0.2) is 18.5 Å². The van der Waals surface area contributed by atoms with Crippen molar-refractivity contribution < 1.29 is 14.0 Å². The Balaban J connectivity index is 2.25. The molecule has 2 atom stereocenters. The molecule has 21 heavy (non-hydrogen) atoms. The van der Waals surface area contributed by atoms with Gasteiger partial charge in [0.25, 0.3) is 0 Å². The van der Waals surface area contributed by atoms with Crippen LogP contribution in [0.4, 0.5) is 4.39 Å². The minimum absolute atomic E-state index is 0.111. The lowest BCUT2D eigenvalue weighted by atomic mass is 10.0. The fourth-order valence-electron chi connectivity index (χ4n) is 2.59. The molecule has 0 saturated carbocycles. The second-order valence-electron chi connectivity index (χ2n) is 5.25. The van der Waals surface area contributed by atoms with Crippen molar-refractivity contribution in [2.75, 3.05) is 0 Å². The Bertz CT molecular complexity index is 535. The maximum absolute atomic E-state index is 13.2. The second kappa shape index (κ2) is 6.65. The van der Waals surface area contributed by atoms with Crippen LogP contribution in [-0.2, 0) is 16.1 Å². The highest BCUT2D eigenvalue weighted by atomic mass is 19.1. The number of halogens is 1. The van der Waals surface area contributed by atoms with Gasteiger partial charge in [-0.25, -0.2) is 4.39 Å². The molecule has 1 aliphatic heterocycles. The lowest BCUT2D eigenvalue weighted by Crippen LogP contribution is -2.62. The van der Waals surface area contributed by atoms with Crippen LogP contribution in [0.3, 0.4) is 0 Å². The van der Waals surface area contributed by atoms with Crippen molar-refractivity contribution in [3.63, 3.8) is 0 Å². The third-order valence-corrected chi connectivity index (χ3v) is 3.66. The standard InChI is InChI=1S/C15H20FN3O2/c1-3-5-13-14(20)18-12(4-2)15(21)19(13)9-10-6-11(16)8-17-7-10/h6-8,12-13H,3-5,9H2,1-2H3,(H,18,20). The molecule has 0 spiro atoms. The van der Waals surface area contributed by atoms with Crippen molar-refractivity contribution >= 4 is 11.8 Å². The van der Waals surface area contributed by atoms with Crippen molar-refractivity contribution in [1.29, 1.82) is 0 Å². The van der Waals surface area contributed by atoms with E-state index >= 15 is 0 Å². The first-order chi connectivity index (χ1) is 10.1. The maximum Gasteiger partial charge on any atom is 0.246 e. The molecule has 2 amide bonds. The highest BCUT2D eigenvalue weighted by molar-refractivity contribution is 5.96. The van der Waals surface area contributed by atoms with Crippen LogP contribution >= 0.6 is 0 Å². The normalized spacial score (nSPS) is 22.3. The lowest BCUT2D eigenvalue weighted by Gasteiger charge is -2.38. The number of piperazine rings is 1. The molecule has 2 unspecified atom stereocenters. The molecule has 2 heterocycles. The van der Waals surface area contributed by atoms with E-state index < -0.39 is 17.9 Å². The van der Waals surface area contributed by atoms with E-state index in [2.05, 4.69) is 10.3 Å². The number of hydrogen-bond donors (Lipinski definition) is 1. The van der Waals surface area contributed by atoms with Crippen LogP contribution in [0.25, 0.3) is 0 Å². The van der Waals surface area contributed by atoms with Crippen LogP contribution in [0.2, 0.25) is 0 Å². The molecular formula is C15H20FN3O2. The van der Waals surface area contributed by atoms with Gasteiger partial charge in [0.15, 0.2) is 0 Å². The number of aromatic nitrogens is 1. The Hall–Kier alpha value is -1.98. The van der Waals surface area contributed by atoms with E-state index in [0.717, 1.165) is 12.6 Å². The summed E-state index contributed by atoms with van der Waals surface area (Å²) in [5, 5.41) is 2.76. The average molecular weight is 293 g/mol. The summed E-state index contributed by atoms with van der Waals surface area (Å²) in [6.07, 6.45) is 4.57. The zero-order valence-electron chi connectivity index (χ0n) is 12.3. The van der Waals surface area contributed by atoms with Crippen LogP contribution in [0, 0.1) is 5.82 Å². The van der Waals surface area contributed by atoms with E-state index in [9.17, 15) is 14.0 Å². The van der Waals surface area contributed by atoms with Gasteiger partial charge in [-0.3, -0.25) is 14.6 Å². The maximum atomic E-state index is 13.2. The Kier molecular flexibility index (Phi) is 4.88. The van der Waals surface area contributed by atoms with E-state index in [4.69, 9.17) is 0 Å². The van der Waals surface area contributed by atoms with Crippen molar-refractivity contribution in [2.24, 2.45) is 0 Å². The molecule has 1 fully saturated rings. The Morgan fingerprint density at radius 3 is 2.71 bits per heavy atom. The largest absolute Gasteiger partial charge is 0.343 e. The van der Waals surface area contributed by atoms with Crippen LogP contribution in [0.1, 0.15) is 38.7 Å². The fraction of sp³-hybridized carbons (Fsp3) is 0.533. The molecule has 2 rings (SSSR count). The second-order valence-corrected chi connectivity index (χ2v) is 5.25. The summed E-state index contributed by atoms with van der Waals surface area (Å²) >= 11 is 0. The highest BCUT2D eigenvalue weighted by Crippen LogP contribution is 2.19. The summed E-state index contributed by atoms with van der Waals surface area (Å²) in [5.41, 5.74) is 0.592. The first-order valence-electron chi connectivity index (χ1n) is 7.27. The van der Waals surface area contributed by atoms with Crippen molar-refractivity contribution in [3.05, 3.63) is 29.8 Å². The Morgan fingerprint density at radius 2 is 2.10 bits per heavy atom. The Labute approximate surface area is 123 Å². The quantitative estimate of drug-likeness (QED) is 0.897. The molecule has 1 aromatic rings. The molecule has 0 bridgehead atoms. The van der Waals surface area contributed by atoms with Gasteiger partial charge >= 0.3 is 0 Å². The van der Waals surface area contributed by atoms with Crippen molar-refractivity contribution in [3.8, 4) is 0 Å². The molecular weight excluding hydrogens is 273 g/mol. The summed E-state index contributed by atoms with van der Waals surface area (Å²) in [4.78, 5) is 30.0. The predicted octanol–water partition coefficient (Wildman–Crippen LogP) is 1.63. The van der Waals surface area contributed by atoms with E-state index in [-0.39, 0.29) is 18.4 Å². The first-order valence-corrected chi connectivity index (χ1v) is 7.27. The molecule has 1 aliphatic rings.